The molecule has 22 heavy (non-hydrogen) atoms. The van der Waals surface area contributed by atoms with Crippen molar-refractivity contribution < 1.29 is 13.9 Å². The first-order valence-corrected chi connectivity index (χ1v) is 7.17. The van der Waals surface area contributed by atoms with Crippen LogP contribution in [0, 0.1) is 5.82 Å². The summed E-state index contributed by atoms with van der Waals surface area (Å²) in [5.74, 6) is -0.878. The summed E-state index contributed by atoms with van der Waals surface area (Å²) < 4.78 is 19.5. The smallest absolute Gasteiger partial charge is 0.328 e. The van der Waals surface area contributed by atoms with Crippen molar-refractivity contribution in [3.8, 4) is 0 Å². The summed E-state index contributed by atoms with van der Waals surface area (Å²) in [6.07, 6.45) is -0.386. The average molecular weight is 301 g/mol. The molecule has 2 atom stereocenters. The molecule has 0 aromatic heterocycles. The van der Waals surface area contributed by atoms with Crippen LogP contribution in [0.25, 0.3) is 0 Å². The Bertz CT molecular complexity index is 628. The molecule has 0 radical (unpaired) electrons. The molecule has 0 amide bonds. The van der Waals surface area contributed by atoms with Crippen molar-refractivity contribution in [3.05, 3.63) is 71.5 Å². The number of esters is 1. The largest absolute Gasteiger partial charge is 0.456 e. The SMILES string of the molecule is C[C@@H](OC(=O)[C@@H](c1ccccc1F)N(C)C)c1ccccc1. The number of benzene rings is 2. The Morgan fingerprint density at radius 1 is 1.05 bits per heavy atom. The molecule has 0 fully saturated rings. The molecule has 0 saturated heterocycles. The van der Waals surface area contributed by atoms with Crippen molar-refractivity contribution in [1.82, 2.24) is 4.90 Å². The van der Waals surface area contributed by atoms with Crippen molar-refractivity contribution >= 4 is 5.97 Å². The van der Waals surface area contributed by atoms with Gasteiger partial charge >= 0.3 is 5.97 Å². The van der Waals surface area contributed by atoms with E-state index < -0.39 is 17.8 Å². The van der Waals surface area contributed by atoms with E-state index in [4.69, 9.17) is 4.74 Å². The van der Waals surface area contributed by atoms with E-state index in [2.05, 4.69) is 0 Å². The molecule has 0 N–H and O–H groups in total. The zero-order valence-electron chi connectivity index (χ0n) is 13.0. The number of nitrogens with zero attached hydrogens (tertiary/aromatic N) is 1. The minimum absolute atomic E-state index is 0.317. The zero-order valence-corrected chi connectivity index (χ0v) is 13.0. The van der Waals surface area contributed by atoms with Crippen molar-refractivity contribution in [1.29, 1.82) is 0 Å². The predicted octanol–water partition coefficient (Wildman–Crippen LogP) is 3.73. The third kappa shape index (κ3) is 3.71. The van der Waals surface area contributed by atoms with Crippen LogP contribution >= 0.6 is 0 Å². The number of hydrogen-bond acceptors (Lipinski definition) is 3. The zero-order chi connectivity index (χ0) is 16.1. The molecular formula is C18H20FNO2. The van der Waals surface area contributed by atoms with E-state index in [1.807, 2.05) is 30.3 Å². The van der Waals surface area contributed by atoms with Crippen LogP contribution in [0.1, 0.15) is 30.2 Å². The molecule has 0 saturated carbocycles. The summed E-state index contributed by atoms with van der Waals surface area (Å²) in [6.45, 7) is 1.81. The monoisotopic (exact) mass is 301 g/mol. The summed E-state index contributed by atoms with van der Waals surface area (Å²) >= 11 is 0. The van der Waals surface area contributed by atoms with E-state index in [9.17, 15) is 9.18 Å². The molecule has 0 unspecified atom stereocenters. The molecule has 116 valence electrons. The van der Waals surface area contributed by atoms with Gasteiger partial charge in [-0.15, -0.1) is 0 Å². The third-order valence-electron chi connectivity index (χ3n) is 3.50. The van der Waals surface area contributed by atoms with Gasteiger partial charge in [-0.05, 0) is 32.6 Å². The van der Waals surface area contributed by atoms with Crippen LogP contribution < -0.4 is 0 Å². The van der Waals surface area contributed by atoms with E-state index >= 15 is 0 Å². The number of carbonyl (C=O) groups excluding carboxylic acids is 1. The van der Waals surface area contributed by atoms with Crippen LogP contribution in [0.2, 0.25) is 0 Å². The first-order chi connectivity index (χ1) is 10.5. The molecule has 2 rings (SSSR count). The number of halogens is 1. The Labute approximate surface area is 130 Å². The Kier molecular flexibility index (Phi) is 5.28. The van der Waals surface area contributed by atoms with Crippen LogP contribution in [0.3, 0.4) is 0 Å². The summed E-state index contributed by atoms with van der Waals surface area (Å²) in [5, 5.41) is 0. The molecule has 2 aromatic rings. The van der Waals surface area contributed by atoms with Gasteiger partial charge in [0, 0.05) is 5.56 Å². The topological polar surface area (TPSA) is 29.5 Å². The first kappa shape index (κ1) is 16.2. The van der Waals surface area contributed by atoms with Gasteiger partial charge < -0.3 is 4.74 Å². The lowest BCUT2D eigenvalue weighted by atomic mass is 10.1. The predicted molar refractivity (Wildman–Crippen MR) is 83.8 cm³/mol. The van der Waals surface area contributed by atoms with Gasteiger partial charge in [0.1, 0.15) is 18.0 Å². The maximum Gasteiger partial charge on any atom is 0.328 e. The van der Waals surface area contributed by atoms with E-state index in [1.54, 1.807) is 44.1 Å². The molecule has 0 heterocycles. The molecule has 0 bridgehead atoms. The number of carbonyl (C=O) groups is 1. The van der Waals surface area contributed by atoms with Gasteiger partial charge in [0.25, 0.3) is 0 Å². The molecule has 0 aliphatic rings. The fraction of sp³-hybridized carbons (Fsp3) is 0.278. The highest BCUT2D eigenvalue weighted by atomic mass is 19.1. The Balaban J connectivity index is 2.19. The second-order valence-corrected chi connectivity index (χ2v) is 5.38. The molecule has 0 spiro atoms. The van der Waals surface area contributed by atoms with Crippen molar-refractivity contribution in [3.63, 3.8) is 0 Å². The lowest BCUT2D eigenvalue weighted by molar-refractivity contribution is -0.154. The van der Waals surface area contributed by atoms with E-state index in [-0.39, 0.29) is 6.10 Å². The van der Waals surface area contributed by atoms with E-state index in [0.29, 0.717) is 5.56 Å². The van der Waals surface area contributed by atoms with Crippen LogP contribution in [0.5, 0.6) is 0 Å². The average Bonchev–Trinajstić information content (AvgIpc) is 2.50. The summed E-state index contributed by atoms with van der Waals surface area (Å²) in [7, 11) is 3.46. The van der Waals surface area contributed by atoms with Gasteiger partial charge in [0.15, 0.2) is 0 Å². The second-order valence-electron chi connectivity index (χ2n) is 5.38. The minimum atomic E-state index is -0.771. The van der Waals surface area contributed by atoms with Gasteiger partial charge in [-0.25, -0.2) is 9.18 Å². The summed E-state index contributed by atoms with van der Waals surface area (Å²) in [5.41, 5.74) is 1.22. The molecule has 0 aliphatic carbocycles. The van der Waals surface area contributed by atoms with Crippen LogP contribution in [-0.2, 0) is 9.53 Å². The van der Waals surface area contributed by atoms with Gasteiger partial charge in [-0.2, -0.15) is 0 Å². The van der Waals surface area contributed by atoms with Crippen LogP contribution in [0.15, 0.2) is 54.6 Å². The second kappa shape index (κ2) is 7.18. The molecule has 4 heteroatoms. The molecule has 0 aliphatic heterocycles. The first-order valence-electron chi connectivity index (χ1n) is 7.17. The van der Waals surface area contributed by atoms with Crippen LogP contribution in [-0.4, -0.2) is 25.0 Å². The van der Waals surface area contributed by atoms with Gasteiger partial charge in [0.2, 0.25) is 0 Å². The fourth-order valence-electron chi connectivity index (χ4n) is 2.34. The normalized spacial score (nSPS) is 13.7. The fourth-order valence-corrected chi connectivity index (χ4v) is 2.34. The Morgan fingerprint density at radius 3 is 2.23 bits per heavy atom. The third-order valence-corrected chi connectivity index (χ3v) is 3.50. The molecule has 2 aromatic carbocycles. The maximum atomic E-state index is 14.0. The highest BCUT2D eigenvalue weighted by molar-refractivity contribution is 5.78. The number of hydrogen-bond donors (Lipinski definition) is 0. The molecule has 3 nitrogen and oxygen atoms in total. The maximum absolute atomic E-state index is 14.0. The van der Waals surface area contributed by atoms with Gasteiger partial charge in [-0.3, -0.25) is 4.90 Å². The Hall–Kier alpha value is -2.20. The van der Waals surface area contributed by atoms with Crippen molar-refractivity contribution in [2.45, 2.75) is 19.1 Å². The Morgan fingerprint density at radius 2 is 1.64 bits per heavy atom. The number of ether oxygens (including phenoxy) is 1. The van der Waals surface area contributed by atoms with Crippen molar-refractivity contribution in [2.75, 3.05) is 14.1 Å². The van der Waals surface area contributed by atoms with Crippen molar-refractivity contribution in [2.24, 2.45) is 0 Å². The molecular weight excluding hydrogens is 281 g/mol. The number of likely N-dealkylation sites (N-methyl/N-ethyl adjacent to an activating group) is 1. The van der Waals surface area contributed by atoms with Gasteiger partial charge in [0.05, 0.1) is 0 Å². The highest BCUT2D eigenvalue weighted by Gasteiger charge is 2.28. The van der Waals surface area contributed by atoms with Gasteiger partial charge in [-0.1, -0.05) is 48.5 Å². The highest BCUT2D eigenvalue weighted by Crippen LogP contribution is 2.26. The lowest BCUT2D eigenvalue weighted by Crippen LogP contribution is -2.30. The van der Waals surface area contributed by atoms with E-state index in [1.165, 1.54) is 6.07 Å². The minimum Gasteiger partial charge on any atom is -0.456 e. The summed E-state index contributed by atoms with van der Waals surface area (Å²) in [6, 6.07) is 15.0. The quantitative estimate of drug-likeness (QED) is 0.788. The summed E-state index contributed by atoms with van der Waals surface area (Å²) in [4.78, 5) is 14.1. The lowest BCUT2D eigenvalue weighted by Gasteiger charge is -2.25. The standard InChI is InChI=1S/C18H20FNO2/c1-13(14-9-5-4-6-10-14)22-18(21)17(20(2)3)15-11-7-8-12-16(15)19/h4-13,17H,1-3H3/t13-,17-/m1/s1. The number of rotatable bonds is 5. The van der Waals surface area contributed by atoms with E-state index in [0.717, 1.165) is 5.56 Å². The van der Waals surface area contributed by atoms with Crippen LogP contribution in [0.4, 0.5) is 4.39 Å².